The minimum atomic E-state index is 0.236. The number of hydrogen-bond acceptors (Lipinski definition) is 3. The van der Waals surface area contributed by atoms with E-state index in [9.17, 15) is 4.79 Å². The number of nitrogens with one attached hydrogen (secondary N) is 1. The first-order chi connectivity index (χ1) is 7.27. The van der Waals surface area contributed by atoms with E-state index >= 15 is 0 Å². The van der Waals surface area contributed by atoms with Crippen LogP contribution >= 0.6 is 0 Å². The van der Waals surface area contributed by atoms with Crippen LogP contribution in [0, 0.1) is 5.92 Å². The highest BCUT2D eigenvalue weighted by atomic mass is 16.5. The van der Waals surface area contributed by atoms with Crippen molar-refractivity contribution in [1.29, 1.82) is 0 Å². The third kappa shape index (κ3) is 2.69. The molecule has 0 aromatic carbocycles. The molecular formula is C11H20N2O2. The Labute approximate surface area is 91.0 Å². The molecular weight excluding hydrogens is 192 g/mol. The normalized spacial score (nSPS) is 32.7. The predicted molar refractivity (Wildman–Crippen MR) is 57.6 cm³/mol. The van der Waals surface area contributed by atoms with Gasteiger partial charge >= 0.3 is 0 Å². The molecule has 4 heteroatoms. The van der Waals surface area contributed by atoms with E-state index in [0.29, 0.717) is 25.2 Å². The van der Waals surface area contributed by atoms with Gasteiger partial charge in [0.05, 0.1) is 13.2 Å². The Balaban J connectivity index is 1.88. The molecule has 0 spiro atoms. The number of carbonyl (C=O) groups is 1. The van der Waals surface area contributed by atoms with Gasteiger partial charge in [0.1, 0.15) is 0 Å². The van der Waals surface area contributed by atoms with Crippen LogP contribution in [0.1, 0.15) is 19.8 Å². The Morgan fingerprint density at radius 1 is 1.40 bits per heavy atom. The van der Waals surface area contributed by atoms with Gasteiger partial charge in [-0.3, -0.25) is 4.79 Å². The van der Waals surface area contributed by atoms with E-state index in [2.05, 4.69) is 12.2 Å². The SMILES string of the molecule is CC1CC(C(=O)N2CCOCC2)CCN1. The van der Waals surface area contributed by atoms with Crippen LogP contribution in [0.2, 0.25) is 0 Å². The molecule has 2 heterocycles. The minimum absolute atomic E-state index is 0.236. The molecule has 0 aromatic heterocycles. The van der Waals surface area contributed by atoms with Crippen molar-refractivity contribution in [2.24, 2.45) is 5.92 Å². The third-order valence-corrected chi connectivity index (χ3v) is 3.30. The fourth-order valence-electron chi connectivity index (χ4n) is 2.40. The monoisotopic (exact) mass is 212 g/mol. The highest BCUT2D eigenvalue weighted by molar-refractivity contribution is 5.79. The summed E-state index contributed by atoms with van der Waals surface area (Å²) in [7, 11) is 0. The van der Waals surface area contributed by atoms with Crippen molar-refractivity contribution in [2.75, 3.05) is 32.8 Å². The second-order valence-corrected chi connectivity index (χ2v) is 4.51. The number of piperidine rings is 1. The number of rotatable bonds is 1. The summed E-state index contributed by atoms with van der Waals surface area (Å²) < 4.78 is 5.25. The van der Waals surface area contributed by atoms with Crippen LogP contribution < -0.4 is 5.32 Å². The molecule has 15 heavy (non-hydrogen) atoms. The smallest absolute Gasteiger partial charge is 0.225 e. The number of carbonyl (C=O) groups excluding carboxylic acids is 1. The van der Waals surface area contributed by atoms with Crippen molar-refractivity contribution in [1.82, 2.24) is 10.2 Å². The average Bonchev–Trinajstić information content (AvgIpc) is 2.29. The molecule has 0 radical (unpaired) electrons. The quantitative estimate of drug-likeness (QED) is 0.676. The van der Waals surface area contributed by atoms with Gasteiger partial charge in [0.25, 0.3) is 0 Å². The maximum absolute atomic E-state index is 12.1. The van der Waals surface area contributed by atoms with E-state index in [1.54, 1.807) is 0 Å². The minimum Gasteiger partial charge on any atom is -0.378 e. The van der Waals surface area contributed by atoms with Crippen molar-refractivity contribution in [2.45, 2.75) is 25.8 Å². The van der Waals surface area contributed by atoms with Gasteiger partial charge in [0.15, 0.2) is 0 Å². The molecule has 0 aromatic rings. The largest absolute Gasteiger partial charge is 0.378 e. The van der Waals surface area contributed by atoms with Crippen molar-refractivity contribution in [3.8, 4) is 0 Å². The summed E-state index contributed by atoms with van der Waals surface area (Å²) in [6.45, 7) is 6.08. The van der Waals surface area contributed by atoms with E-state index in [4.69, 9.17) is 4.74 Å². The Bertz CT molecular complexity index is 227. The zero-order chi connectivity index (χ0) is 10.7. The molecule has 86 valence electrons. The summed E-state index contributed by atoms with van der Waals surface area (Å²) in [6.07, 6.45) is 1.97. The first-order valence-electron chi connectivity index (χ1n) is 5.87. The van der Waals surface area contributed by atoms with Crippen LogP contribution in [0.3, 0.4) is 0 Å². The summed E-state index contributed by atoms with van der Waals surface area (Å²) in [5.41, 5.74) is 0. The molecule has 0 saturated carbocycles. The lowest BCUT2D eigenvalue weighted by atomic mass is 9.92. The highest BCUT2D eigenvalue weighted by Crippen LogP contribution is 2.19. The summed E-state index contributed by atoms with van der Waals surface area (Å²) in [4.78, 5) is 14.1. The number of hydrogen-bond donors (Lipinski definition) is 1. The zero-order valence-electron chi connectivity index (χ0n) is 9.37. The first-order valence-corrected chi connectivity index (χ1v) is 5.87. The lowest BCUT2D eigenvalue weighted by molar-refractivity contribution is -0.140. The Hall–Kier alpha value is -0.610. The van der Waals surface area contributed by atoms with Crippen LogP contribution in [0.15, 0.2) is 0 Å². The molecule has 1 N–H and O–H groups in total. The molecule has 4 nitrogen and oxygen atoms in total. The van der Waals surface area contributed by atoms with E-state index in [0.717, 1.165) is 32.5 Å². The van der Waals surface area contributed by atoms with Gasteiger partial charge in [0, 0.05) is 25.0 Å². The number of morpholine rings is 1. The van der Waals surface area contributed by atoms with Gasteiger partial charge in [-0.15, -0.1) is 0 Å². The van der Waals surface area contributed by atoms with Gasteiger partial charge in [0.2, 0.25) is 5.91 Å². The molecule has 1 amide bonds. The Kier molecular flexibility index (Phi) is 3.59. The second-order valence-electron chi connectivity index (χ2n) is 4.51. The topological polar surface area (TPSA) is 41.6 Å². The van der Waals surface area contributed by atoms with Crippen molar-refractivity contribution in [3.05, 3.63) is 0 Å². The van der Waals surface area contributed by atoms with E-state index in [1.807, 2.05) is 4.90 Å². The number of ether oxygens (including phenoxy) is 1. The number of amides is 1. The maximum Gasteiger partial charge on any atom is 0.225 e. The van der Waals surface area contributed by atoms with Gasteiger partial charge in [-0.1, -0.05) is 0 Å². The van der Waals surface area contributed by atoms with Gasteiger partial charge in [-0.2, -0.15) is 0 Å². The zero-order valence-corrected chi connectivity index (χ0v) is 9.37. The fourth-order valence-corrected chi connectivity index (χ4v) is 2.40. The van der Waals surface area contributed by atoms with Crippen LogP contribution in [-0.4, -0.2) is 49.7 Å². The van der Waals surface area contributed by atoms with Gasteiger partial charge < -0.3 is 15.0 Å². The van der Waals surface area contributed by atoms with E-state index in [1.165, 1.54) is 0 Å². The van der Waals surface area contributed by atoms with Gasteiger partial charge in [-0.25, -0.2) is 0 Å². The summed E-state index contributed by atoms with van der Waals surface area (Å²) >= 11 is 0. The van der Waals surface area contributed by atoms with Crippen LogP contribution in [0.4, 0.5) is 0 Å². The highest BCUT2D eigenvalue weighted by Gasteiger charge is 2.29. The van der Waals surface area contributed by atoms with Gasteiger partial charge in [-0.05, 0) is 26.3 Å². The molecule has 2 unspecified atom stereocenters. The molecule has 2 fully saturated rings. The van der Waals surface area contributed by atoms with Crippen LogP contribution in [0.5, 0.6) is 0 Å². The van der Waals surface area contributed by atoms with E-state index < -0.39 is 0 Å². The predicted octanol–water partition coefficient (Wildman–Crippen LogP) is 0.233. The first kappa shape index (κ1) is 10.9. The summed E-state index contributed by atoms with van der Waals surface area (Å²) in [6, 6.07) is 0.480. The van der Waals surface area contributed by atoms with Crippen molar-refractivity contribution in [3.63, 3.8) is 0 Å². The summed E-state index contributed by atoms with van der Waals surface area (Å²) in [5, 5.41) is 3.37. The molecule has 2 rings (SSSR count). The Morgan fingerprint density at radius 3 is 2.80 bits per heavy atom. The third-order valence-electron chi connectivity index (χ3n) is 3.30. The lowest BCUT2D eigenvalue weighted by Gasteiger charge is -2.33. The number of nitrogens with zero attached hydrogens (tertiary/aromatic N) is 1. The van der Waals surface area contributed by atoms with Crippen molar-refractivity contribution >= 4 is 5.91 Å². The second kappa shape index (κ2) is 4.94. The molecule has 2 aliphatic rings. The molecule has 0 bridgehead atoms. The summed E-state index contributed by atoms with van der Waals surface area (Å²) in [5.74, 6) is 0.575. The van der Waals surface area contributed by atoms with Crippen LogP contribution in [-0.2, 0) is 9.53 Å². The van der Waals surface area contributed by atoms with Crippen LogP contribution in [0.25, 0.3) is 0 Å². The molecule has 2 aliphatic heterocycles. The molecule has 2 saturated heterocycles. The Morgan fingerprint density at radius 2 is 2.13 bits per heavy atom. The molecule has 2 atom stereocenters. The lowest BCUT2D eigenvalue weighted by Crippen LogP contribution is -2.47. The molecule has 0 aliphatic carbocycles. The van der Waals surface area contributed by atoms with Crippen molar-refractivity contribution < 1.29 is 9.53 Å². The maximum atomic E-state index is 12.1. The fraction of sp³-hybridized carbons (Fsp3) is 0.909. The standard InChI is InChI=1S/C11H20N2O2/c1-9-8-10(2-3-12-9)11(14)13-4-6-15-7-5-13/h9-10,12H,2-8H2,1H3. The van der Waals surface area contributed by atoms with E-state index in [-0.39, 0.29) is 5.92 Å². The average molecular weight is 212 g/mol.